The number of nitrogens with zero attached hydrogens (tertiary/aromatic N) is 1. The molecule has 21 heavy (non-hydrogen) atoms. The van der Waals surface area contributed by atoms with E-state index < -0.39 is 0 Å². The minimum absolute atomic E-state index is 0.183. The van der Waals surface area contributed by atoms with Crippen molar-refractivity contribution in [3.63, 3.8) is 0 Å². The van der Waals surface area contributed by atoms with Gasteiger partial charge in [-0.2, -0.15) is 0 Å². The van der Waals surface area contributed by atoms with Gasteiger partial charge in [0.25, 0.3) is 5.91 Å². The Bertz CT molecular complexity index is 631. The van der Waals surface area contributed by atoms with E-state index in [9.17, 15) is 9.18 Å². The Labute approximate surface area is 127 Å². The third-order valence-electron chi connectivity index (χ3n) is 2.93. The maximum absolute atomic E-state index is 12.8. The van der Waals surface area contributed by atoms with Crippen molar-refractivity contribution >= 4 is 23.3 Å². The van der Waals surface area contributed by atoms with E-state index in [0.717, 1.165) is 5.56 Å². The van der Waals surface area contributed by atoms with Gasteiger partial charge in [-0.05, 0) is 36.2 Å². The van der Waals surface area contributed by atoms with Gasteiger partial charge in [-0.15, -0.1) is 0 Å². The zero-order valence-electron chi connectivity index (χ0n) is 11.5. The fourth-order valence-corrected chi connectivity index (χ4v) is 1.99. The minimum atomic E-state index is -0.334. The Kier molecular flexibility index (Phi) is 5.11. The summed E-state index contributed by atoms with van der Waals surface area (Å²) in [6.45, 7) is 0.423. The molecule has 110 valence electrons. The molecule has 1 amide bonds. The first-order valence-electron chi connectivity index (χ1n) is 6.47. The lowest BCUT2D eigenvalue weighted by atomic mass is 10.1. The van der Waals surface area contributed by atoms with Crippen LogP contribution < -0.4 is 10.6 Å². The zero-order chi connectivity index (χ0) is 15.2. The molecule has 0 bridgehead atoms. The second kappa shape index (κ2) is 7.04. The van der Waals surface area contributed by atoms with Gasteiger partial charge in [-0.1, -0.05) is 23.7 Å². The third-order valence-corrected chi connectivity index (χ3v) is 3.23. The Hall–Kier alpha value is -2.14. The number of nitrogens with one attached hydrogen (secondary N) is 2. The van der Waals surface area contributed by atoms with Gasteiger partial charge < -0.3 is 10.6 Å². The second-order valence-corrected chi connectivity index (χ2v) is 4.82. The molecule has 6 heteroatoms. The standard InChI is InChI=1S/C15H15ClFN3O/c1-18-13-7-6-12(16)14(20-13)15(21)19-9-8-10-2-4-11(17)5-3-10/h2-7H,8-9H2,1H3,(H,18,20)(H,19,21). The van der Waals surface area contributed by atoms with Crippen molar-refractivity contribution in [1.82, 2.24) is 10.3 Å². The van der Waals surface area contributed by atoms with Crippen LogP contribution in [0.5, 0.6) is 0 Å². The van der Waals surface area contributed by atoms with E-state index in [1.54, 1.807) is 31.3 Å². The van der Waals surface area contributed by atoms with Crippen molar-refractivity contribution in [1.29, 1.82) is 0 Å². The maximum Gasteiger partial charge on any atom is 0.271 e. The highest BCUT2D eigenvalue weighted by atomic mass is 35.5. The van der Waals surface area contributed by atoms with Gasteiger partial charge >= 0.3 is 0 Å². The highest BCUT2D eigenvalue weighted by molar-refractivity contribution is 6.33. The third kappa shape index (κ3) is 4.16. The van der Waals surface area contributed by atoms with E-state index in [0.29, 0.717) is 23.8 Å². The highest BCUT2D eigenvalue weighted by Crippen LogP contribution is 2.16. The van der Waals surface area contributed by atoms with Gasteiger partial charge in [-0.3, -0.25) is 4.79 Å². The smallest absolute Gasteiger partial charge is 0.271 e. The molecule has 1 aromatic heterocycles. The van der Waals surface area contributed by atoms with Crippen LogP contribution in [-0.2, 0) is 6.42 Å². The number of carbonyl (C=O) groups is 1. The number of aromatic nitrogens is 1. The summed E-state index contributed by atoms with van der Waals surface area (Å²) in [6.07, 6.45) is 0.607. The minimum Gasteiger partial charge on any atom is -0.373 e. The van der Waals surface area contributed by atoms with Gasteiger partial charge in [-0.25, -0.2) is 9.37 Å². The van der Waals surface area contributed by atoms with Gasteiger partial charge in [0.2, 0.25) is 0 Å². The first kappa shape index (κ1) is 15.3. The topological polar surface area (TPSA) is 54.0 Å². The van der Waals surface area contributed by atoms with Gasteiger partial charge in [0, 0.05) is 13.6 Å². The Morgan fingerprint density at radius 3 is 2.62 bits per heavy atom. The molecule has 0 saturated carbocycles. The normalized spacial score (nSPS) is 10.2. The molecule has 0 aliphatic heterocycles. The molecule has 0 atom stereocenters. The van der Waals surface area contributed by atoms with Crippen molar-refractivity contribution < 1.29 is 9.18 Å². The molecular weight excluding hydrogens is 293 g/mol. The van der Waals surface area contributed by atoms with E-state index in [1.807, 2.05) is 0 Å². The molecule has 0 fully saturated rings. The highest BCUT2D eigenvalue weighted by Gasteiger charge is 2.12. The number of hydrogen-bond donors (Lipinski definition) is 2. The summed E-state index contributed by atoms with van der Waals surface area (Å²) >= 11 is 5.97. The summed E-state index contributed by atoms with van der Waals surface area (Å²) in [6, 6.07) is 9.48. The monoisotopic (exact) mass is 307 g/mol. The molecule has 0 saturated heterocycles. The Morgan fingerprint density at radius 1 is 1.24 bits per heavy atom. The van der Waals surface area contributed by atoms with Crippen LogP contribution >= 0.6 is 11.6 Å². The molecule has 0 unspecified atom stereocenters. The summed E-state index contributed by atoms with van der Waals surface area (Å²) < 4.78 is 12.8. The lowest BCUT2D eigenvalue weighted by molar-refractivity contribution is 0.0949. The van der Waals surface area contributed by atoms with E-state index >= 15 is 0 Å². The van der Waals surface area contributed by atoms with Crippen LogP contribution in [0.25, 0.3) is 0 Å². The molecule has 1 aromatic carbocycles. The van der Waals surface area contributed by atoms with E-state index in [-0.39, 0.29) is 17.4 Å². The van der Waals surface area contributed by atoms with E-state index in [2.05, 4.69) is 15.6 Å². The van der Waals surface area contributed by atoms with Crippen LogP contribution in [0.4, 0.5) is 10.2 Å². The van der Waals surface area contributed by atoms with Crippen LogP contribution in [0.2, 0.25) is 5.02 Å². The van der Waals surface area contributed by atoms with Gasteiger partial charge in [0.15, 0.2) is 0 Å². The average Bonchev–Trinajstić information content (AvgIpc) is 2.49. The van der Waals surface area contributed by atoms with Crippen molar-refractivity contribution in [2.45, 2.75) is 6.42 Å². The van der Waals surface area contributed by atoms with Crippen molar-refractivity contribution in [3.05, 3.63) is 58.5 Å². The molecule has 0 spiro atoms. The number of amides is 1. The van der Waals surface area contributed by atoms with Crippen LogP contribution in [0, 0.1) is 5.82 Å². The molecule has 1 heterocycles. The van der Waals surface area contributed by atoms with Crippen LogP contribution in [-0.4, -0.2) is 24.5 Å². The first-order valence-corrected chi connectivity index (χ1v) is 6.85. The number of hydrogen-bond acceptors (Lipinski definition) is 3. The number of carbonyl (C=O) groups excluding carboxylic acids is 1. The predicted octanol–water partition coefficient (Wildman–Crippen LogP) is 2.89. The fraction of sp³-hybridized carbons (Fsp3) is 0.200. The Balaban J connectivity index is 1.94. The van der Waals surface area contributed by atoms with E-state index in [4.69, 9.17) is 11.6 Å². The molecule has 0 radical (unpaired) electrons. The fourth-order valence-electron chi connectivity index (χ4n) is 1.80. The molecule has 2 rings (SSSR count). The van der Waals surface area contributed by atoms with Gasteiger partial charge in [0.05, 0.1) is 5.02 Å². The number of benzene rings is 1. The molecule has 2 N–H and O–H groups in total. The Morgan fingerprint density at radius 2 is 1.95 bits per heavy atom. The zero-order valence-corrected chi connectivity index (χ0v) is 12.2. The van der Waals surface area contributed by atoms with Crippen molar-refractivity contribution in [2.75, 3.05) is 18.9 Å². The van der Waals surface area contributed by atoms with Gasteiger partial charge in [0.1, 0.15) is 17.3 Å². The summed E-state index contributed by atoms with van der Waals surface area (Å²) in [5.41, 5.74) is 1.13. The van der Waals surface area contributed by atoms with Crippen LogP contribution in [0.1, 0.15) is 16.1 Å². The molecular formula is C15H15ClFN3O. The van der Waals surface area contributed by atoms with Crippen LogP contribution in [0.15, 0.2) is 36.4 Å². The summed E-state index contributed by atoms with van der Waals surface area (Å²) in [7, 11) is 1.71. The maximum atomic E-state index is 12.8. The molecule has 4 nitrogen and oxygen atoms in total. The predicted molar refractivity (Wildman–Crippen MR) is 81.2 cm³/mol. The molecule has 0 aliphatic rings. The SMILES string of the molecule is CNc1ccc(Cl)c(C(=O)NCCc2ccc(F)cc2)n1. The quantitative estimate of drug-likeness (QED) is 0.893. The number of rotatable bonds is 5. The van der Waals surface area contributed by atoms with Crippen LogP contribution in [0.3, 0.4) is 0 Å². The lowest BCUT2D eigenvalue weighted by Crippen LogP contribution is -2.27. The summed E-state index contributed by atoms with van der Waals surface area (Å²) in [5.74, 6) is -0.0371. The molecule has 2 aromatic rings. The number of pyridine rings is 1. The number of anilines is 1. The largest absolute Gasteiger partial charge is 0.373 e. The first-order chi connectivity index (χ1) is 10.1. The summed E-state index contributed by atoms with van der Waals surface area (Å²) in [5, 5.41) is 5.90. The number of halogens is 2. The van der Waals surface area contributed by atoms with E-state index in [1.165, 1.54) is 12.1 Å². The second-order valence-electron chi connectivity index (χ2n) is 4.41. The molecule has 0 aliphatic carbocycles. The lowest BCUT2D eigenvalue weighted by Gasteiger charge is -2.08. The van der Waals surface area contributed by atoms with Crippen molar-refractivity contribution in [3.8, 4) is 0 Å². The van der Waals surface area contributed by atoms with Crippen molar-refractivity contribution in [2.24, 2.45) is 0 Å². The summed E-state index contributed by atoms with van der Waals surface area (Å²) in [4.78, 5) is 16.2. The average molecular weight is 308 g/mol.